The molecule has 7 heteroatoms. The van der Waals surface area contributed by atoms with Gasteiger partial charge in [-0.1, -0.05) is 18.2 Å². The number of sulfone groups is 1. The van der Waals surface area contributed by atoms with Gasteiger partial charge in [0.2, 0.25) is 9.84 Å². The summed E-state index contributed by atoms with van der Waals surface area (Å²) in [6.45, 7) is 1.76. The van der Waals surface area contributed by atoms with Crippen LogP contribution < -0.4 is 0 Å². The van der Waals surface area contributed by atoms with Gasteiger partial charge in [-0.05, 0) is 46.6 Å². The van der Waals surface area contributed by atoms with Gasteiger partial charge in [0.1, 0.15) is 0 Å². The molecule has 2 rings (SSSR count). The molecule has 2 aromatic carbocycles. The van der Waals surface area contributed by atoms with Crippen molar-refractivity contribution >= 4 is 31.5 Å². The van der Waals surface area contributed by atoms with Gasteiger partial charge in [-0.2, -0.15) is 0 Å². The number of nitro benzene ring substituents is 1. The molecule has 0 aliphatic heterocycles. The number of aryl methyl sites for hydroxylation is 1. The number of nitro groups is 1. The van der Waals surface area contributed by atoms with E-state index in [1.807, 2.05) is 0 Å². The van der Waals surface area contributed by atoms with E-state index in [0.29, 0.717) is 0 Å². The first-order valence-corrected chi connectivity index (χ1v) is 7.86. The summed E-state index contributed by atoms with van der Waals surface area (Å²) in [7, 11) is -3.96. The lowest BCUT2D eigenvalue weighted by atomic mass is 10.2. The average Bonchev–Trinajstić information content (AvgIpc) is 2.38. The minimum Gasteiger partial charge on any atom is -0.258 e. The third-order valence-corrected chi connectivity index (χ3v) is 5.48. The zero-order valence-corrected chi connectivity index (χ0v) is 12.8. The fourth-order valence-corrected chi connectivity index (χ4v) is 4.38. The Bertz CT molecular complexity index is 787. The highest BCUT2D eigenvalue weighted by molar-refractivity contribution is 9.10. The lowest BCUT2D eigenvalue weighted by Crippen LogP contribution is -2.07. The maximum atomic E-state index is 12.6. The van der Waals surface area contributed by atoms with Gasteiger partial charge in [0.15, 0.2) is 4.90 Å². The topological polar surface area (TPSA) is 77.3 Å². The van der Waals surface area contributed by atoms with Crippen LogP contribution >= 0.6 is 15.9 Å². The van der Waals surface area contributed by atoms with Gasteiger partial charge in [0, 0.05) is 10.5 Å². The minimum atomic E-state index is -3.96. The van der Waals surface area contributed by atoms with Gasteiger partial charge >= 0.3 is 0 Å². The van der Waals surface area contributed by atoms with Crippen LogP contribution in [0.3, 0.4) is 0 Å². The molecule has 0 fully saturated rings. The van der Waals surface area contributed by atoms with Crippen molar-refractivity contribution in [3.05, 3.63) is 62.6 Å². The summed E-state index contributed by atoms with van der Waals surface area (Å²) in [6.07, 6.45) is 0. The SMILES string of the molecule is Cc1cccc(S(=O)(=O)c2c(Br)cccc2[N+](=O)[O-])c1. The number of rotatable bonds is 3. The summed E-state index contributed by atoms with van der Waals surface area (Å²) >= 11 is 3.08. The minimum absolute atomic E-state index is 0.0347. The number of hydrogen-bond acceptors (Lipinski definition) is 4. The summed E-state index contributed by atoms with van der Waals surface area (Å²) in [4.78, 5) is 10.0. The van der Waals surface area contributed by atoms with Crippen LogP contribution in [0, 0.1) is 17.0 Å². The van der Waals surface area contributed by atoms with E-state index in [-0.39, 0.29) is 14.3 Å². The summed E-state index contributed by atoms with van der Waals surface area (Å²) in [5, 5.41) is 11.0. The summed E-state index contributed by atoms with van der Waals surface area (Å²) in [5.74, 6) is 0. The maximum Gasteiger partial charge on any atom is 0.289 e. The lowest BCUT2D eigenvalue weighted by Gasteiger charge is -2.08. The van der Waals surface area contributed by atoms with E-state index in [2.05, 4.69) is 15.9 Å². The molecule has 0 atom stereocenters. The predicted molar refractivity (Wildman–Crippen MR) is 77.4 cm³/mol. The van der Waals surface area contributed by atoms with Crippen molar-refractivity contribution in [3.63, 3.8) is 0 Å². The number of hydrogen-bond donors (Lipinski definition) is 0. The standard InChI is InChI=1S/C13H10BrNO4S/c1-9-4-2-5-10(8-9)20(18,19)13-11(14)6-3-7-12(13)15(16)17/h2-8H,1H3. The molecule has 0 N–H and O–H groups in total. The van der Waals surface area contributed by atoms with Crippen LogP contribution in [0.4, 0.5) is 5.69 Å². The smallest absolute Gasteiger partial charge is 0.258 e. The summed E-state index contributed by atoms with van der Waals surface area (Å²) in [5.41, 5.74) is 0.321. The molecule has 0 heterocycles. The molecule has 0 aliphatic carbocycles. The Hall–Kier alpha value is -1.73. The van der Waals surface area contributed by atoms with Gasteiger partial charge in [-0.15, -0.1) is 0 Å². The van der Waals surface area contributed by atoms with Crippen molar-refractivity contribution < 1.29 is 13.3 Å². The monoisotopic (exact) mass is 355 g/mol. The number of halogens is 1. The highest BCUT2D eigenvalue weighted by atomic mass is 79.9. The fourth-order valence-electron chi connectivity index (χ4n) is 1.81. The highest BCUT2D eigenvalue weighted by Crippen LogP contribution is 2.35. The Morgan fingerprint density at radius 2 is 1.80 bits per heavy atom. The number of nitrogens with zero attached hydrogens (tertiary/aromatic N) is 1. The molecule has 0 bridgehead atoms. The van der Waals surface area contributed by atoms with Crippen molar-refractivity contribution in [1.82, 2.24) is 0 Å². The summed E-state index contributed by atoms with van der Waals surface area (Å²) in [6, 6.07) is 10.3. The molecule has 20 heavy (non-hydrogen) atoms. The second-order valence-electron chi connectivity index (χ2n) is 4.17. The molecule has 0 saturated heterocycles. The Morgan fingerprint density at radius 3 is 2.40 bits per heavy atom. The van der Waals surface area contributed by atoms with E-state index in [0.717, 1.165) is 5.56 Å². The second-order valence-corrected chi connectivity index (χ2v) is 6.91. The molecule has 5 nitrogen and oxygen atoms in total. The Kier molecular flexibility index (Phi) is 3.92. The van der Waals surface area contributed by atoms with Crippen LogP contribution in [-0.2, 0) is 9.84 Å². The zero-order valence-electron chi connectivity index (χ0n) is 10.4. The molecule has 0 amide bonds. The molecule has 2 aromatic rings. The van der Waals surface area contributed by atoms with Crippen LogP contribution in [-0.4, -0.2) is 13.3 Å². The largest absolute Gasteiger partial charge is 0.289 e. The Morgan fingerprint density at radius 1 is 1.15 bits per heavy atom. The van der Waals surface area contributed by atoms with Crippen LogP contribution in [0.2, 0.25) is 0 Å². The van der Waals surface area contributed by atoms with E-state index in [1.54, 1.807) is 19.1 Å². The molecule has 0 aliphatic rings. The maximum absolute atomic E-state index is 12.6. The van der Waals surface area contributed by atoms with Gasteiger partial charge in [0.25, 0.3) is 5.69 Å². The van der Waals surface area contributed by atoms with Crippen molar-refractivity contribution in [2.45, 2.75) is 16.7 Å². The molecule has 0 spiro atoms. The van der Waals surface area contributed by atoms with Gasteiger partial charge in [-0.25, -0.2) is 8.42 Å². The molecule has 0 radical (unpaired) electrons. The fraction of sp³-hybridized carbons (Fsp3) is 0.0769. The van der Waals surface area contributed by atoms with Gasteiger partial charge in [0.05, 0.1) is 9.82 Å². The van der Waals surface area contributed by atoms with E-state index in [1.165, 1.54) is 30.3 Å². The first-order chi connectivity index (χ1) is 9.34. The second kappa shape index (κ2) is 5.34. The average molecular weight is 356 g/mol. The van der Waals surface area contributed by atoms with Crippen molar-refractivity contribution in [2.24, 2.45) is 0 Å². The van der Waals surface area contributed by atoms with Gasteiger partial charge in [-0.3, -0.25) is 10.1 Å². The van der Waals surface area contributed by atoms with Crippen LogP contribution in [0.15, 0.2) is 56.7 Å². The van der Waals surface area contributed by atoms with Crippen molar-refractivity contribution in [2.75, 3.05) is 0 Å². The van der Waals surface area contributed by atoms with E-state index in [9.17, 15) is 18.5 Å². The third-order valence-electron chi connectivity index (χ3n) is 2.71. The highest BCUT2D eigenvalue weighted by Gasteiger charge is 2.30. The Balaban J connectivity index is 2.76. The molecule has 104 valence electrons. The van der Waals surface area contributed by atoms with Gasteiger partial charge < -0.3 is 0 Å². The third kappa shape index (κ3) is 2.59. The van der Waals surface area contributed by atoms with E-state index < -0.39 is 20.4 Å². The zero-order chi connectivity index (χ0) is 14.9. The van der Waals surface area contributed by atoms with E-state index >= 15 is 0 Å². The normalized spacial score (nSPS) is 11.3. The first kappa shape index (κ1) is 14.7. The van der Waals surface area contributed by atoms with Crippen LogP contribution in [0.25, 0.3) is 0 Å². The summed E-state index contributed by atoms with van der Waals surface area (Å²) < 4.78 is 25.4. The van der Waals surface area contributed by atoms with Crippen molar-refractivity contribution in [1.29, 1.82) is 0 Å². The van der Waals surface area contributed by atoms with Crippen LogP contribution in [0.5, 0.6) is 0 Å². The molecule has 0 aromatic heterocycles. The Labute approximate surface area is 124 Å². The molecule has 0 saturated carbocycles. The van der Waals surface area contributed by atoms with E-state index in [4.69, 9.17) is 0 Å². The first-order valence-electron chi connectivity index (χ1n) is 5.58. The predicted octanol–water partition coefficient (Wildman–Crippen LogP) is 3.50. The molecular formula is C13H10BrNO4S. The molecular weight excluding hydrogens is 346 g/mol. The van der Waals surface area contributed by atoms with Crippen molar-refractivity contribution in [3.8, 4) is 0 Å². The van der Waals surface area contributed by atoms with Crippen LogP contribution in [0.1, 0.15) is 5.56 Å². The number of benzene rings is 2. The lowest BCUT2D eigenvalue weighted by molar-refractivity contribution is -0.387. The molecule has 0 unspecified atom stereocenters. The quantitative estimate of drug-likeness (QED) is 0.623.